The summed E-state index contributed by atoms with van der Waals surface area (Å²) in [6.07, 6.45) is 8.85. The van der Waals surface area contributed by atoms with Crippen molar-refractivity contribution in [1.82, 2.24) is 0 Å². The number of carbonyl (C=O) groups excluding carboxylic acids is 2. The summed E-state index contributed by atoms with van der Waals surface area (Å²) in [6.45, 7) is 5.38. The molecule has 0 heterocycles. The van der Waals surface area contributed by atoms with E-state index in [1.165, 1.54) is 32.4 Å². The van der Waals surface area contributed by atoms with Crippen LogP contribution in [0.25, 0.3) is 0 Å². The highest BCUT2D eigenvalue weighted by Crippen LogP contribution is 2.60. The molecule has 22 heavy (non-hydrogen) atoms. The van der Waals surface area contributed by atoms with Gasteiger partial charge >= 0.3 is 11.9 Å². The average Bonchev–Trinajstić information content (AvgIpc) is 2.44. The molecule has 0 N–H and O–H groups in total. The smallest absolute Gasteiger partial charge is 0.333 e. The van der Waals surface area contributed by atoms with E-state index in [1.807, 2.05) is 6.08 Å². The number of rotatable bonds is 4. The Morgan fingerprint density at radius 1 is 1.18 bits per heavy atom. The van der Waals surface area contributed by atoms with Gasteiger partial charge in [0, 0.05) is 17.6 Å². The second-order valence-electron chi connectivity index (χ2n) is 7.25. The fourth-order valence-corrected chi connectivity index (χ4v) is 5.01. The normalized spacial score (nSPS) is 39.0. The summed E-state index contributed by atoms with van der Waals surface area (Å²) in [5, 5.41) is 0. The van der Waals surface area contributed by atoms with Crippen molar-refractivity contribution in [2.45, 2.75) is 44.6 Å². The minimum absolute atomic E-state index is 0.114. The maximum atomic E-state index is 12.1. The topological polar surface area (TPSA) is 52.6 Å². The molecule has 0 aromatic carbocycles. The lowest BCUT2D eigenvalue weighted by Gasteiger charge is -2.59. The summed E-state index contributed by atoms with van der Waals surface area (Å²) < 4.78 is 10.6. The molecule has 4 heteroatoms. The monoisotopic (exact) mass is 304 g/mol. The van der Waals surface area contributed by atoms with E-state index in [1.54, 1.807) is 6.92 Å². The molecule has 4 fully saturated rings. The largest absolute Gasteiger partial charge is 0.466 e. The Hall–Kier alpha value is -1.58. The van der Waals surface area contributed by atoms with E-state index in [-0.39, 0.29) is 17.9 Å². The molecule has 0 aromatic heterocycles. The van der Waals surface area contributed by atoms with E-state index in [4.69, 9.17) is 9.47 Å². The van der Waals surface area contributed by atoms with Crippen LogP contribution in [-0.4, -0.2) is 24.6 Å². The van der Waals surface area contributed by atoms with Crippen molar-refractivity contribution in [2.24, 2.45) is 23.7 Å². The Balaban J connectivity index is 1.88. The highest BCUT2D eigenvalue weighted by atomic mass is 16.6. The van der Waals surface area contributed by atoms with Gasteiger partial charge in [-0.1, -0.05) is 12.7 Å². The van der Waals surface area contributed by atoms with Crippen molar-refractivity contribution >= 4 is 11.9 Å². The fraction of sp³-hybridized carbons (Fsp3) is 0.667. The zero-order valence-corrected chi connectivity index (χ0v) is 13.3. The third-order valence-corrected chi connectivity index (χ3v) is 5.61. The standard InChI is InChI=1S/C18H24O4/c1-11(2)17(20)22-18-9-12-6-13(10-18)8-14(7-12)15(18)4-5-16(19)21-3/h4-5,12-15H,1,6-10H2,2-3H3/b5-4-. The summed E-state index contributed by atoms with van der Waals surface area (Å²) in [6, 6.07) is 0. The SMILES string of the molecule is C=C(C)C(=O)OC12CC3CC(CC(C3)C1/C=C\C(=O)OC)C2. The molecule has 3 atom stereocenters. The van der Waals surface area contributed by atoms with Gasteiger partial charge < -0.3 is 9.47 Å². The van der Waals surface area contributed by atoms with Crippen molar-refractivity contribution in [3.05, 3.63) is 24.3 Å². The van der Waals surface area contributed by atoms with Crippen LogP contribution in [0.2, 0.25) is 0 Å². The average molecular weight is 304 g/mol. The lowest BCUT2D eigenvalue weighted by molar-refractivity contribution is -0.196. The van der Waals surface area contributed by atoms with Crippen LogP contribution in [-0.2, 0) is 19.1 Å². The molecule has 0 spiro atoms. The minimum atomic E-state index is -0.449. The van der Waals surface area contributed by atoms with Crippen LogP contribution in [0.5, 0.6) is 0 Å². The van der Waals surface area contributed by atoms with Gasteiger partial charge in [-0.05, 0) is 56.8 Å². The molecule has 4 aliphatic rings. The van der Waals surface area contributed by atoms with Crippen molar-refractivity contribution in [1.29, 1.82) is 0 Å². The maximum absolute atomic E-state index is 12.1. The molecule has 4 nitrogen and oxygen atoms in total. The molecule has 4 saturated carbocycles. The van der Waals surface area contributed by atoms with Gasteiger partial charge in [-0.2, -0.15) is 0 Å². The Morgan fingerprint density at radius 3 is 2.36 bits per heavy atom. The molecular weight excluding hydrogens is 280 g/mol. The molecule has 4 rings (SSSR count). The van der Waals surface area contributed by atoms with E-state index >= 15 is 0 Å². The molecule has 0 amide bonds. The van der Waals surface area contributed by atoms with Gasteiger partial charge in [0.15, 0.2) is 0 Å². The summed E-state index contributed by atoms with van der Waals surface area (Å²) >= 11 is 0. The van der Waals surface area contributed by atoms with Crippen LogP contribution < -0.4 is 0 Å². The van der Waals surface area contributed by atoms with Gasteiger partial charge in [-0.3, -0.25) is 0 Å². The predicted octanol–water partition coefficient (Wildman–Crippen LogP) is 3.03. The van der Waals surface area contributed by atoms with Crippen molar-refractivity contribution < 1.29 is 19.1 Å². The van der Waals surface area contributed by atoms with Crippen molar-refractivity contribution in [3.63, 3.8) is 0 Å². The lowest BCUT2D eigenvalue weighted by Crippen LogP contribution is -2.58. The molecule has 120 valence electrons. The number of carbonyl (C=O) groups is 2. The van der Waals surface area contributed by atoms with E-state index in [0.717, 1.165) is 12.8 Å². The second kappa shape index (κ2) is 5.56. The molecular formula is C18H24O4. The number of methoxy groups -OCH3 is 1. The molecule has 0 saturated heterocycles. The molecule has 4 aliphatic carbocycles. The molecule has 4 bridgehead atoms. The van der Waals surface area contributed by atoms with Gasteiger partial charge in [0.05, 0.1) is 7.11 Å². The maximum Gasteiger partial charge on any atom is 0.333 e. The number of ether oxygens (including phenoxy) is 2. The van der Waals surface area contributed by atoms with Gasteiger partial charge in [-0.15, -0.1) is 0 Å². The fourth-order valence-electron chi connectivity index (χ4n) is 5.01. The highest BCUT2D eigenvalue weighted by molar-refractivity contribution is 5.87. The first-order valence-corrected chi connectivity index (χ1v) is 8.08. The van der Waals surface area contributed by atoms with Crippen LogP contribution in [0.15, 0.2) is 24.3 Å². The first-order chi connectivity index (χ1) is 10.4. The highest BCUT2D eigenvalue weighted by Gasteiger charge is 2.58. The number of hydrogen-bond donors (Lipinski definition) is 0. The Morgan fingerprint density at radius 2 is 1.82 bits per heavy atom. The van der Waals surface area contributed by atoms with Crippen LogP contribution in [0.4, 0.5) is 0 Å². The van der Waals surface area contributed by atoms with Crippen LogP contribution in [0.1, 0.15) is 39.0 Å². The summed E-state index contributed by atoms with van der Waals surface area (Å²) in [5.41, 5.74) is -0.0126. The lowest BCUT2D eigenvalue weighted by atomic mass is 9.49. The van der Waals surface area contributed by atoms with E-state index in [0.29, 0.717) is 23.3 Å². The quantitative estimate of drug-likeness (QED) is 0.592. The summed E-state index contributed by atoms with van der Waals surface area (Å²) in [7, 11) is 1.38. The van der Waals surface area contributed by atoms with Gasteiger partial charge in [0.2, 0.25) is 0 Å². The van der Waals surface area contributed by atoms with Gasteiger partial charge in [0.1, 0.15) is 5.60 Å². The minimum Gasteiger partial charge on any atom is -0.466 e. The van der Waals surface area contributed by atoms with Crippen LogP contribution in [0, 0.1) is 23.7 Å². The number of hydrogen-bond acceptors (Lipinski definition) is 4. The predicted molar refractivity (Wildman–Crippen MR) is 81.8 cm³/mol. The Kier molecular flexibility index (Phi) is 3.87. The summed E-state index contributed by atoms with van der Waals surface area (Å²) in [4.78, 5) is 23.6. The van der Waals surface area contributed by atoms with Gasteiger partial charge in [0.25, 0.3) is 0 Å². The zero-order chi connectivity index (χ0) is 15.9. The van der Waals surface area contributed by atoms with E-state index in [9.17, 15) is 9.59 Å². The van der Waals surface area contributed by atoms with E-state index < -0.39 is 5.60 Å². The van der Waals surface area contributed by atoms with Gasteiger partial charge in [-0.25, -0.2) is 9.59 Å². The Labute approximate surface area is 131 Å². The third-order valence-electron chi connectivity index (χ3n) is 5.61. The first-order valence-electron chi connectivity index (χ1n) is 8.08. The van der Waals surface area contributed by atoms with Crippen molar-refractivity contribution in [2.75, 3.05) is 7.11 Å². The van der Waals surface area contributed by atoms with Crippen LogP contribution in [0.3, 0.4) is 0 Å². The Bertz CT molecular complexity index is 519. The zero-order valence-electron chi connectivity index (χ0n) is 13.3. The molecule has 0 aromatic rings. The third kappa shape index (κ3) is 2.59. The summed E-state index contributed by atoms with van der Waals surface area (Å²) in [5.74, 6) is 1.26. The van der Waals surface area contributed by atoms with E-state index in [2.05, 4.69) is 6.58 Å². The van der Waals surface area contributed by atoms with Crippen molar-refractivity contribution in [3.8, 4) is 0 Å². The molecule has 0 radical (unpaired) electrons. The number of esters is 2. The molecule has 0 aliphatic heterocycles. The first kappa shape index (κ1) is 15.3. The molecule has 3 unspecified atom stereocenters. The second-order valence-corrected chi connectivity index (χ2v) is 7.25. The van der Waals surface area contributed by atoms with Crippen LogP contribution >= 0.6 is 0 Å².